The second-order valence-electron chi connectivity index (χ2n) is 4.80. The van der Waals surface area contributed by atoms with Gasteiger partial charge in [0.1, 0.15) is 10.8 Å². The maximum atomic E-state index is 12.1. The molecule has 24 heavy (non-hydrogen) atoms. The minimum atomic E-state index is -1.05. The molecule has 0 saturated heterocycles. The molecule has 0 aliphatic rings. The number of nitrogens with one attached hydrogen (secondary N) is 1. The van der Waals surface area contributed by atoms with Gasteiger partial charge in [0.25, 0.3) is 11.8 Å². The summed E-state index contributed by atoms with van der Waals surface area (Å²) in [6, 6.07) is 7.91. The molecule has 1 aromatic carbocycles. The van der Waals surface area contributed by atoms with Crippen molar-refractivity contribution in [3.8, 4) is 5.75 Å². The number of rotatable bonds is 6. The maximum Gasteiger partial charge on any atom is 0.339 e. The summed E-state index contributed by atoms with van der Waals surface area (Å²) in [4.78, 5) is 35.4. The quantitative estimate of drug-likeness (QED) is 0.777. The van der Waals surface area contributed by atoms with Gasteiger partial charge in [-0.25, -0.2) is 4.79 Å². The highest BCUT2D eigenvalue weighted by atomic mass is 32.1. The van der Waals surface area contributed by atoms with Gasteiger partial charge in [0, 0.05) is 0 Å². The highest BCUT2D eigenvalue weighted by Crippen LogP contribution is 2.23. The predicted octanol–water partition coefficient (Wildman–Crippen LogP) is 2.04. The van der Waals surface area contributed by atoms with Gasteiger partial charge in [-0.3, -0.25) is 9.59 Å². The number of esters is 1. The third-order valence-corrected chi connectivity index (χ3v) is 3.96. The van der Waals surface area contributed by atoms with Gasteiger partial charge in [0.05, 0.1) is 18.2 Å². The summed E-state index contributed by atoms with van der Waals surface area (Å²) < 4.78 is 10.2. The van der Waals surface area contributed by atoms with Crippen LogP contribution in [0.15, 0.2) is 35.7 Å². The fourth-order valence-electron chi connectivity index (χ4n) is 1.85. The first kappa shape index (κ1) is 17.5. The molecule has 126 valence electrons. The Morgan fingerprint density at radius 3 is 2.67 bits per heavy atom. The zero-order valence-corrected chi connectivity index (χ0v) is 13.9. The van der Waals surface area contributed by atoms with E-state index < -0.39 is 23.9 Å². The minimum absolute atomic E-state index is 0.208. The minimum Gasteiger partial charge on any atom is -0.497 e. The Hall–Kier alpha value is -2.87. The lowest BCUT2D eigenvalue weighted by molar-refractivity contribution is -0.123. The first-order valence-corrected chi connectivity index (χ1v) is 7.83. The van der Waals surface area contributed by atoms with E-state index in [2.05, 4.69) is 5.32 Å². The van der Waals surface area contributed by atoms with Crippen molar-refractivity contribution in [3.63, 3.8) is 0 Å². The zero-order chi connectivity index (χ0) is 17.7. The van der Waals surface area contributed by atoms with Gasteiger partial charge in [0.15, 0.2) is 6.10 Å². The van der Waals surface area contributed by atoms with Gasteiger partial charge >= 0.3 is 5.97 Å². The third-order valence-electron chi connectivity index (χ3n) is 3.13. The van der Waals surface area contributed by atoms with Crippen molar-refractivity contribution in [1.82, 2.24) is 0 Å². The fourth-order valence-corrected chi connectivity index (χ4v) is 2.64. The second-order valence-corrected chi connectivity index (χ2v) is 5.71. The molecule has 1 atom stereocenters. The van der Waals surface area contributed by atoms with Crippen molar-refractivity contribution >= 4 is 34.1 Å². The van der Waals surface area contributed by atoms with Crippen LogP contribution in [0.1, 0.15) is 27.6 Å². The smallest absolute Gasteiger partial charge is 0.339 e. The number of ether oxygens (including phenoxy) is 2. The topological polar surface area (TPSA) is 108 Å². The predicted molar refractivity (Wildman–Crippen MR) is 89.3 cm³/mol. The van der Waals surface area contributed by atoms with Gasteiger partial charge < -0.3 is 20.5 Å². The third kappa shape index (κ3) is 4.11. The lowest BCUT2D eigenvalue weighted by Gasteiger charge is -2.13. The molecule has 2 aromatic rings. The van der Waals surface area contributed by atoms with Crippen LogP contribution in [0.2, 0.25) is 0 Å². The summed E-state index contributed by atoms with van der Waals surface area (Å²) in [6.45, 7) is 1.44. The number of thiophene rings is 1. The molecule has 0 spiro atoms. The fraction of sp³-hybridized carbons (Fsp3) is 0.188. The molecular formula is C16H16N2O5S. The highest BCUT2D eigenvalue weighted by molar-refractivity contribution is 7.14. The Labute approximate surface area is 142 Å². The largest absolute Gasteiger partial charge is 0.497 e. The Bertz CT molecular complexity index is 771. The molecule has 2 rings (SSSR count). The molecule has 8 heteroatoms. The van der Waals surface area contributed by atoms with Crippen LogP contribution in [-0.4, -0.2) is 31.0 Å². The van der Waals surface area contributed by atoms with E-state index in [1.54, 1.807) is 23.6 Å². The van der Waals surface area contributed by atoms with E-state index in [4.69, 9.17) is 15.2 Å². The van der Waals surface area contributed by atoms with E-state index in [1.165, 1.54) is 26.2 Å². The van der Waals surface area contributed by atoms with Crippen molar-refractivity contribution in [2.75, 3.05) is 12.4 Å². The van der Waals surface area contributed by atoms with Crippen molar-refractivity contribution in [2.45, 2.75) is 13.0 Å². The lowest BCUT2D eigenvalue weighted by Crippen LogP contribution is -2.30. The van der Waals surface area contributed by atoms with Crippen molar-refractivity contribution in [3.05, 3.63) is 46.8 Å². The number of primary amides is 1. The number of hydrogen-bond donors (Lipinski definition) is 2. The molecule has 0 unspecified atom stereocenters. The van der Waals surface area contributed by atoms with E-state index in [0.717, 1.165) is 11.3 Å². The highest BCUT2D eigenvalue weighted by Gasteiger charge is 2.21. The van der Waals surface area contributed by atoms with Crippen LogP contribution in [0.3, 0.4) is 0 Å². The Kier molecular flexibility index (Phi) is 5.54. The van der Waals surface area contributed by atoms with Gasteiger partial charge in [-0.15, -0.1) is 11.3 Å². The Morgan fingerprint density at radius 1 is 1.25 bits per heavy atom. The van der Waals surface area contributed by atoms with Crippen LogP contribution < -0.4 is 15.8 Å². The number of methoxy groups -OCH3 is 1. The van der Waals surface area contributed by atoms with E-state index >= 15 is 0 Å². The van der Waals surface area contributed by atoms with Crippen molar-refractivity contribution in [1.29, 1.82) is 0 Å². The molecule has 0 aliphatic carbocycles. The summed E-state index contributed by atoms with van der Waals surface area (Å²) in [5.41, 5.74) is 5.69. The number of carbonyl (C=O) groups is 3. The monoisotopic (exact) mass is 348 g/mol. The maximum absolute atomic E-state index is 12.1. The molecule has 3 N–H and O–H groups in total. The number of benzene rings is 1. The van der Waals surface area contributed by atoms with E-state index in [9.17, 15) is 14.4 Å². The first-order valence-electron chi connectivity index (χ1n) is 6.95. The number of carbonyl (C=O) groups excluding carboxylic acids is 3. The van der Waals surface area contributed by atoms with E-state index in [0.29, 0.717) is 10.8 Å². The molecule has 1 heterocycles. The molecular weight excluding hydrogens is 332 g/mol. The molecule has 0 bridgehead atoms. The van der Waals surface area contributed by atoms with Crippen LogP contribution >= 0.6 is 11.3 Å². The average molecular weight is 348 g/mol. The van der Waals surface area contributed by atoms with Gasteiger partial charge in [-0.05, 0) is 36.6 Å². The number of anilines is 1. The van der Waals surface area contributed by atoms with E-state index in [1.807, 2.05) is 0 Å². The molecule has 0 aliphatic heterocycles. The summed E-state index contributed by atoms with van der Waals surface area (Å²) in [5.74, 6) is -1.35. The number of amides is 2. The molecule has 0 fully saturated rings. The Balaban J connectivity index is 2.01. The normalized spacial score (nSPS) is 11.4. The van der Waals surface area contributed by atoms with Crippen LogP contribution in [0.5, 0.6) is 5.75 Å². The van der Waals surface area contributed by atoms with Crippen molar-refractivity contribution in [2.24, 2.45) is 5.73 Å². The zero-order valence-electron chi connectivity index (χ0n) is 13.1. The molecule has 7 nitrogen and oxygen atoms in total. The molecule has 2 amide bonds. The average Bonchev–Trinajstić information content (AvgIpc) is 3.03. The second kappa shape index (κ2) is 7.60. The van der Waals surface area contributed by atoms with E-state index in [-0.39, 0.29) is 11.1 Å². The first-order chi connectivity index (χ1) is 11.4. The SMILES string of the molecule is COc1cccc(C(=O)O[C@@H](C)C(=O)Nc2sccc2C(N)=O)c1. The number of hydrogen-bond acceptors (Lipinski definition) is 6. The molecule has 0 saturated carbocycles. The van der Waals surface area contributed by atoms with Gasteiger partial charge in [0.2, 0.25) is 0 Å². The number of nitrogens with two attached hydrogens (primary N) is 1. The van der Waals surface area contributed by atoms with Crippen LogP contribution in [0.25, 0.3) is 0 Å². The summed E-state index contributed by atoms with van der Waals surface area (Å²) in [6.07, 6.45) is -1.05. The Morgan fingerprint density at radius 2 is 2.00 bits per heavy atom. The summed E-state index contributed by atoms with van der Waals surface area (Å²) in [5, 5.41) is 4.47. The van der Waals surface area contributed by atoms with Crippen molar-refractivity contribution < 1.29 is 23.9 Å². The standard InChI is InChI=1S/C16H16N2O5S/c1-9(14(20)18-15-12(13(17)19)6-7-24-15)23-16(21)10-4-3-5-11(8-10)22-2/h3-9H,1-2H3,(H2,17,19)(H,18,20)/t9-/m0/s1. The van der Waals surface area contributed by atoms with Crippen LogP contribution in [-0.2, 0) is 9.53 Å². The van der Waals surface area contributed by atoms with Gasteiger partial charge in [-0.1, -0.05) is 6.07 Å². The van der Waals surface area contributed by atoms with Crippen LogP contribution in [0.4, 0.5) is 5.00 Å². The van der Waals surface area contributed by atoms with Crippen LogP contribution in [0, 0.1) is 0 Å². The molecule has 1 aromatic heterocycles. The summed E-state index contributed by atoms with van der Waals surface area (Å²) >= 11 is 1.15. The molecule has 0 radical (unpaired) electrons. The lowest BCUT2D eigenvalue weighted by atomic mass is 10.2. The summed E-state index contributed by atoms with van der Waals surface area (Å²) in [7, 11) is 1.48. The van der Waals surface area contributed by atoms with Gasteiger partial charge in [-0.2, -0.15) is 0 Å².